The van der Waals surface area contributed by atoms with Crippen molar-refractivity contribution >= 4 is 33.7 Å². The van der Waals surface area contributed by atoms with E-state index >= 15 is 0 Å². The van der Waals surface area contributed by atoms with Gasteiger partial charge in [-0.1, -0.05) is 28.1 Å². The highest BCUT2D eigenvalue weighted by Crippen LogP contribution is 2.15. The Balaban J connectivity index is 1.93. The predicted molar refractivity (Wildman–Crippen MR) is 81.7 cm³/mol. The van der Waals surface area contributed by atoms with Gasteiger partial charge in [0, 0.05) is 16.7 Å². The lowest BCUT2D eigenvalue weighted by Gasteiger charge is -2.05. The van der Waals surface area contributed by atoms with Crippen LogP contribution in [0.5, 0.6) is 0 Å². The molecular formula is C15H11BrF2N2O. The number of hydrogen-bond acceptors (Lipinski definition) is 1. The van der Waals surface area contributed by atoms with Crippen LogP contribution in [-0.2, 0) is 0 Å². The van der Waals surface area contributed by atoms with Crippen LogP contribution in [0.4, 0.5) is 19.3 Å². The third kappa shape index (κ3) is 4.68. The van der Waals surface area contributed by atoms with Crippen LogP contribution in [0.2, 0.25) is 0 Å². The van der Waals surface area contributed by atoms with E-state index in [1.165, 1.54) is 6.20 Å². The molecule has 0 atom stereocenters. The molecule has 0 saturated carbocycles. The largest absolute Gasteiger partial charge is 0.323 e. The Bertz CT molecular complexity index is 689. The van der Waals surface area contributed by atoms with Gasteiger partial charge in [0.05, 0.1) is 5.69 Å². The lowest BCUT2D eigenvalue weighted by molar-refractivity contribution is 0.255. The highest BCUT2D eigenvalue weighted by molar-refractivity contribution is 9.10. The van der Waals surface area contributed by atoms with E-state index in [1.807, 2.05) is 24.3 Å². The molecule has 2 rings (SSSR count). The number of amides is 2. The van der Waals surface area contributed by atoms with E-state index in [2.05, 4.69) is 26.6 Å². The summed E-state index contributed by atoms with van der Waals surface area (Å²) in [7, 11) is 0. The number of anilines is 1. The highest BCUT2D eigenvalue weighted by Gasteiger charge is 2.06. The molecule has 0 unspecified atom stereocenters. The van der Waals surface area contributed by atoms with Crippen molar-refractivity contribution in [2.24, 2.45) is 0 Å². The van der Waals surface area contributed by atoms with E-state index in [9.17, 15) is 13.6 Å². The first-order valence-corrected chi connectivity index (χ1v) is 6.78. The fourth-order valence-corrected chi connectivity index (χ4v) is 1.99. The van der Waals surface area contributed by atoms with Crippen molar-refractivity contribution in [1.82, 2.24) is 5.32 Å². The van der Waals surface area contributed by atoms with Gasteiger partial charge in [-0.05, 0) is 35.9 Å². The van der Waals surface area contributed by atoms with Crippen LogP contribution in [0.15, 0.2) is 53.1 Å². The minimum atomic E-state index is -0.832. The van der Waals surface area contributed by atoms with Crippen LogP contribution in [0.25, 0.3) is 6.08 Å². The summed E-state index contributed by atoms with van der Waals surface area (Å²) >= 11 is 3.34. The zero-order valence-electron chi connectivity index (χ0n) is 10.7. The molecule has 6 heteroatoms. The second-order valence-corrected chi connectivity index (χ2v) is 5.03. The van der Waals surface area contributed by atoms with Crippen LogP contribution in [0.3, 0.4) is 0 Å². The predicted octanol–water partition coefficient (Wildman–Crippen LogP) is 4.52. The van der Waals surface area contributed by atoms with E-state index in [0.29, 0.717) is 6.07 Å². The number of benzene rings is 2. The SMILES string of the molecule is O=C(N/C=C/c1cccc(Br)c1)Nc1ccc(F)cc1F. The maximum absolute atomic E-state index is 13.3. The van der Waals surface area contributed by atoms with Crippen LogP contribution in [0.1, 0.15) is 5.56 Å². The number of nitrogens with one attached hydrogen (secondary N) is 2. The lowest BCUT2D eigenvalue weighted by atomic mass is 10.2. The first kappa shape index (κ1) is 15.2. The number of carbonyl (C=O) groups is 1. The summed E-state index contributed by atoms with van der Waals surface area (Å²) in [6.07, 6.45) is 3.11. The van der Waals surface area contributed by atoms with Crippen molar-refractivity contribution < 1.29 is 13.6 Å². The molecule has 108 valence electrons. The van der Waals surface area contributed by atoms with Gasteiger partial charge in [0.15, 0.2) is 0 Å². The molecule has 0 aliphatic heterocycles. The third-order valence-corrected chi connectivity index (χ3v) is 3.01. The van der Waals surface area contributed by atoms with Gasteiger partial charge >= 0.3 is 6.03 Å². The second-order valence-electron chi connectivity index (χ2n) is 4.11. The van der Waals surface area contributed by atoms with Gasteiger partial charge in [0.2, 0.25) is 0 Å². The Kier molecular flexibility index (Phi) is 5.05. The van der Waals surface area contributed by atoms with Crippen LogP contribution in [-0.4, -0.2) is 6.03 Å². The van der Waals surface area contributed by atoms with Crippen molar-refractivity contribution in [3.05, 3.63) is 70.3 Å². The van der Waals surface area contributed by atoms with Crippen LogP contribution < -0.4 is 10.6 Å². The normalized spacial score (nSPS) is 10.6. The minimum absolute atomic E-state index is 0.0928. The molecule has 0 aliphatic carbocycles. The number of rotatable bonds is 3. The Morgan fingerprint density at radius 3 is 2.67 bits per heavy atom. The number of halogens is 3. The highest BCUT2D eigenvalue weighted by atomic mass is 79.9. The summed E-state index contributed by atoms with van der Waals surface area (Å²) in [5.74, 6) is -1.53. The molecular weight excluding hydrogens is 342 g/mol. The fraction of sp³-hybridized carbons (Fsp3) is 0. The van der Waals surface area contributed by atoms with E-state index in [-0.39, 0.29) is 5.69 Å². The van der Waals surface area contributed by atoms with Gasteiger partial charge in [-0.15, -0.1) is 0 Å². The molecule has 0 radical (unpaired) electrons. The zero-order valence-corrected chi connectivity index (χ0v) is 12.3. The second kappa shape index (κ2) is 6.99. The molecule has 2 aromatic rings. The smallest absolute Gasteiger partial charge is 0.314 e. The average Bonchev–Trinajstić information content (AvgIpc) is 2.42. The molecule has 0 fully saturated rings. The van der Waals surface area contributed by atoms with E-state index in [0.717, 1.165) is 22.2 Å². The molecule has 21 heavy (non-hydrogen) atoms. The Labute approximate surface area is 128 Å². The summed E-state index contributed by atoms with van der Waals surface area (Å²) < 4.78 is 27.0. The standard InChI is InChI=1S/C15H11BrF2N2O/c16-11-3-1-2-10(8-11)6-7-19-15(21)20-14-5-4-12(17)9-13(14)18/h1-9H,(H2,19,20,21)/b7-6+. The maximum atomic E-state index is 13.3. The number of carbonyl (C=O) groups excluding carboxylic acids is 1. The van der Waals surface area contributed by atoms with Gasteiger partial charge in [0.25, 0.3) is 0 Å². The van der Waals surface area contributed by atoms with Crippen LogP contribution >= 0.6 is 15.9 Å². The summed E-state index contributed by atoms with van der Waals surface area (Å²) in [5, 5.41) is 4.72. The van der Waals surface area contributed by atoms with Crippen molar-refractivity contribution in [2.75, 3.05) is 5.32 Å². The van der Waals surface area contributed by atoms with E-state index < -0.39 is 17.7 Å². The lowest BCUT2D eigenvalue weighted by Crippen LogP contribution is -2.24. The summed E-state index contributed by atoms with van der Waals surface area (Å²) in [5.41, 5.74) is 0.794. The number of hydrogen-bond donors (Lipinski definition) is 2. The molecule has 3 nitrogen and oxygen atoms in total. The topological polar surface area (TPSA) is 41.1 Å². The molecule has 0 spiro atoms. The zero-order chi connectivity index (χ0) is 15.2. The van der Waals surface area contributed by atoms with Gasteiger partial charge in [-0.25, -0.2) is 13.6 Å². The van der Waals surface area contributed by atoms with Crippen molar-refractivity contribution in [3.63, 3.8) is 0 Å². The molecule has 2 amide bonds. The first-order chi connectivity index (χ1) is 10.0. The van der Waals surface area contributed by atoms with Crippen molar-refractivity contribution in [3.8, 4) is 0 Å². The van der Waals surface area contributed by atoms with Gasteiger partial charge in [-0.3, -0.25) is 0 Å². The monoisotopic (exact) mass is 352 g/mol. The Hall–Kier alpha value is -2.21. The molecule has 0 saturated heterocycles. The number of urea groups is 1. The van der Waals surface area contributed by atoms with E-state index in [1.54, 1.807) is 6.08 Å². The van der Waals surface area contributed by atoms with Gasteiger partial charge < -0.3 is 10.6 Å². The molecule has 0 aliphatic rings. The molecule has 2 aromatic carbocycles. The Morgan fingerprint density at radius 2 is 1.95 bits per heavy atom. The van der Waals surface area contributed by atoms with Crippen molar-refractivity contribution in [1.29, 1.82) is 0 Å². The van der Waals surface area contributed by atoms with Gasteiger partial charge in [0.1, 0.15) is 11.6 Å². The molecule has 0 aromatic heterocycles. The summed E-state index contributed by atoms with van der Waals surface area (Å²) in [4.78, 5) is 11.6. The molecule has 0 heterocycles. The quantitative estimate of drug-likeness (QED) is 0.837. The van der Waals surface area contributed by atoms with Crippen LogP contribution in [0, 0.1) is 11.6 Å². The summed E-state index contributed by atoms with van der Waals surface area (Å²) in [6.45, 7) is 0. The third-order valence-electron chi connectivity index (χ3n) is 2.52. The van der Waals surface area contributed by atoms with Gasteiger partial charge in [-0.2, -0.15) is 0 Å². The average molecular weight is 353 g/mol. The summed E-state index contributed by atoms with van der Waals surface area (Å²) in [6, 6.07) is 9.78. The molecule has 0 bridgehead atoms. The van der Waals surface area contributed by atoms with E-state index in [4.69, 9.17) is 0 Å². The maximum Gasteiger partial charge on any atom is 0.323 e. The first-order valence-electron chi connectivity index (χ1n) is 5.99. The molecule has 2 N–H and O–H groups in total. The van der Waals surface area contributed by atoms with Crippen molar-refractivity contribution in [2.45, 2.75) is 0 Å². The Morgan fingerprint density at radius 1 is 1.14 bits per heavy atom. The fourth-order valence-electron chi connectivity index (χ4n) is 1.57. The minimum Gasteiger partial charge on any atom is -0.314 e.